The number of aliphatic hydroxyl groups is 4. The molecule has 13 atom stereocenters. The highest BCUT2D eigenvalue weighted by Gasteiger charge is 2.45. The summed E-state index contributed by atoms with van der Waals surface area (Å²) in [5, 5.41) is 70.2. The number of guanidine groups is 1. The van der Waals surface area contributed by atoms with Crippen LogP contribution in [0.5, 0.6) is 5.75 Å². The predicted molar refractivity (Wildman–Crippen MR) is 347 cm³/mol. The molecular formula is C60H91N15O18S2. The van der Waals surface area contributed by atoms with Crippen molar-refractivity contribution in [2.45, 2.75) is 175 Å². The number of hydrogen-bond acceptors (Lipinski definition) is 22. The van der Waals surface area contributed by atoms with Crippen molar-refractivity contribution in [3.63, 3.8) is 0 Å². The van der Waals surface area contributed by atoms with Gasteiger partial charge in [0.15, 0.2) is 12.2 Å². The number of aliphatic imine (C=N–C) groups is 1. The Morgan fingerprint density at radius 3 is 1.95 bits per heavy atom. The minimum atomic E-state index is -1.82. The summed E-state index contributed by atoms with van der Waals surface area (Å²) >= 11 is 0. The standard InChI is InChI=1S/C60H91N15O18S2/c61-36-31-94-95-32-42(74-56(89)41(28-46(63)79)73-53(86)38(20-21-45(62)78)69-54(87)40(26-33-12-6-5-7-13-33)72-55(88)39(71-51(36)84)27-34-16-18-35(77)19-17-34)58(91)75-24-11-15-43(75)57(90)70-37(14-10-23-67-60(64)65)52(85)68-29-47(80)66-22-8-3-1-2-4-9-25-92-59-50(83)49(82)48(81)44(30-76)93-59/h5-7,12-13,16-19,36-44,48-50,59,76-77,81-83H,1-4,8-11,14-15,20-32,61H2,(H2,62,78)(H2,63,79)(H,66,80)(H,68,85)(H,69,87)(H,70,90)(H,71,84)(H,72,88)(H,73,86)(H,74,89)(H4,64,65,67)/t36-,37-,38-,39-,40-,41-,42-,43-,44+,48-,49-,50+,59+/m0/s1. The number of aromatic hydroxyl groups is 1. The van der Waals surface area contributed by atoms with E-state index < -0.39 is 176 Å². The van der Waals surface area contributed by atoms with Crippen molar-refractivity contribution in [3.05, 3.63) is 65.7 Å². The fourth-order valence-electron chi connectivity index (χ4n) is 10.4. The fourth-order valence-corrected chi connectivity index (χ4v) is 12.7. The number of nitrogens with zero attached hydrogens (tertiary/aromatic N) is 2. The van der Waals surface area contributed by atoms with Gasteiger partial charge in [0, 0.05) is 57.0 Å². The molecule has 5 rings (SSSR count). The molecule has 0 unspecified atom stereocenters. The van der Waals surface area contributed by atoms with E-state index in [1.165, 1.54) is 29.2 Å². The highest BCUT2D eigenvalue weighted by Crippen LogP contribution is 2.27. The number of hydrogen-bond donors (Lipinski definition) is 18. The lowest BCUT2D eigenvalue weighted by atomic mass is 9.99. The van der Waals surface area contributed by atoms with E-state index in [0.717, 1.165) is 47.3 Å². The zero-order chi connectivity index (χ0) is 69.6. The largest absolute Gasteiger partial charge is 0.508 e. The number of unbranched alkanes of at least 4 members (excludes halogenated alkanes) is 5. The van der Waals surface area contributed by atoms with Crippen molar-refractivity contribution < 1.29 is 87.7 Å². The van der Waals surface area contributed by atoms with Gasteiger partial charge in [-0.2, -0.15) is 0 Å². The third kappa shape index (κ3) is 26.7. The second-order valence-electron chi connectivity index (χ2n) is 23.2. The molecule has 0 bridgehead atoms. The van der Waals surface area contributed by atoms with Crippen LogP contribution in [0.2, 0.25) is 0 Å². The van der Waals surface area contributed by atoms with Crippen molar-refractivity contribution >= 4 is 92.5 Å². The number of carbonyl (C=O) groups excluding carboxylic acids is 11. The SMILES string of the molecule is NC(=O)CC[C@@H]1NC(=O)[C@H](Cc2ccccc2)NC(=O)[C@H](Cc2ccc(O)cc2)NC(=O)[C@@H](N)CSSC[C@@H](C(=O)N2CCC[C@H]2C(=O)N[C@@H](CCCN=C(N)N)C(=O)NCC(=O)NCCCCCCCCO[C@@H]2O[C@H](CO)[C@H](O)[C@H](O)[C@H]2O)NC(=O)[C@H](CC(N)=O)NC1=O. The maximum absolute atomic E-state index is 14.9. The molecule has 3 aliphatic rings. The van der Waals surface area contributed by atoms with Gasteiger partial charge in [0.25, 0.3) is 0 Å². The lowest BCUT2D eigenvalue weighted by Crippen LogP contribution is -2.61. The molecule has 0 radical (unpaired) electrons. The number of benzene rings is 2. The van der Waals surface area contributed by atoms with Gasteiger partial charge in [-0.1, -0.05) is 89.7 Å². The summed E-state index contributed by atoms with van der Waals surface area (Å²) < 4.78 is 10.9. The zero-order valence-electron chi connectivity index (χ0n) is 52.6. The molecule has 526 valence electrons. The first-order chi connectivity index (χ1) is 45.3. The average molecular weight is 1370 g/mol. The van der Waals surface area contributed by atoms with Crippen LogP contribution in [-0.4, -0.2) is 231 Å². The number of carbonyl (C=O) groups is 11. The van der Waals surface area contributed by atoms with Gasteiger partial charge in [-0.05, 0) is 68.2 Å². The number of phenols is 1. The summed E-state index contributed by atoms with van der Waals surface area (Å²) in [7, 11) is 1.98. The van der Waals surface area contributed by atoms with Crippen LogP contribution in [0, 0.1) is 0 Å². The lowest BCUT2D eigenvalue weighted by molar-refractivity contribution is -0.301. The lowest BCUT2D eigenvalue weighted by Gasteiger charge is -2.39. The molecule has 11 amide bonds. The summed E-state index contributed by atoms with van der Waals surface area (Å²) in [6.45, 7) is -0.487. The highest BCUT2D eigenvalue weighted by atomic mass is 33.1. The molecule has 0 spiro atoms. The van der Waals surface area contributed by atoms with Crippen LogP contribution in [-0.2, 0) is 75.1 Å². The maximum atomic E-state index is 14.9. The van der Waals surface area contributed by atoms with Crippen LogP contribution in [0.1, 0.15) is 94.6 Å². The van der Waals surface area contributed by atoms with Gasteiger partial charge in [-0.15, -0.1) is 0 Å². The molecule has 35 heteroatoms. The summed E-state index contributed by atoms with van der Waals surface area (Å²) in [6.07, 6.45) is -3.97. The molecule has 0 aromatic heterocycles. The van der Waals surface area contributed by atoms with E-state index in [0.29, 0.717) is 30.5 Å². The van der Waals surface area contributed by atoms with E-state index >= 15 is 0 Å². The number of nitrogens with one attached hydrogen (secondary N) is 8. The van der Waals surface area contributed by atoms with Gasteiger partial charge in [0.1, 0.15) is 72.5 Å². The molecule has 3 heterocycles. The number of amides is 11. The molecule has 2 aromatic rings. The van der Waals surface area contributed by atoms with E-state index in [2.05, 4.69) is 47.5 Å². The molecule has 3 aliphatic heterocycles. The molecule has 23 N–H and O–H groups in total. The summed E-state index contributed by atoms with van der Waals surface area (Å²) in [5.74, 6) is -10.4. The molecule has 2 aromatic carbocycles. The smallest absolute Gasteiger partial charge is 0.246 e. The Labute approximate surface area is 556 Å². The van der Waals surface area contributed by atoms with Crippen molar-refractivity contribution in [1.29, 1.82) is 0 Å². The van der Waals surface area contributed by atoms with Gasteiger partial charge < -0.3 is 111 Å². The second kappa shape index (κ2) is 40.5. The molecular weight excluding hydrogens is 1280 g/mol. The average Bonchev–Trinajstić information content (AvgIpc) is 1.84. The predicted octanol–water partition coefficient (Wildman–Crippen LogP) is -5.62. The van der Waals surface area contributed by atoms with Crippen molar-refractivity contribution in [2.75, 3.05) is 50.9 Å². The minimum Gasteiger partial charge on any atom is -0.508 e. The van der Waals surface area contributed by atoms with E-state index in [1.54, 1.807) is 30.3 Å². The number of nitrogens with two attached hydrogens (primary N) is 5. The van der Waals surface area contributed by atoms with E-state index in [4.69, 9.17) is 38.1 Å². The quantitative estimate of drug-likeness (QED) is 0.0150. The van der Waals surface area contributed by atoms with Gasteiger partial charge >= 0.3 is 0 Å². The number of primary amides is 2. The Bertz CT molecular complexity index is 2920. The Kier molecular flexibility index (Phi) is 33.2. The van der Waals surface area contributed by atoms with Crippen LogP contribution >= 0.6 is 21.6 Å². The minimum absolute atomic E-state index is 0.0238. The zero-order valence-corrected chi connectivity index (χ0v) is 54.2. The maximum Gasteiger partial charge on any atom is 0.246 e. The first kappa shape index (κ1) is 77.8. The molecule has 0 saturated carbocycles. The molecule has 3 saturated heterocycles. The van der Waals surface area contributed by atoms with Crippen LogP contribution in [0.15, 0.2) is 59.6 Å². The summed E-state index contributed by atoms with van der Waals surface area (Å²) in [5.41, 5.74) is 29.6. The molecule has 33 nitrogen and oxygen atoms in total. The first-order valence-electron chi connectivity index (χ1n) is 31.4. The molecule has 0 aliphatic carbocycles. The van der Waals surface area contributed by atoms with Gasteiger partial charge in [-0.3, -0.25) is 57.7 Å². The van der Waals surface area contributed by atoms with Gasteiger partial charge in [0.2, 0.25) is 65.0 Å². The summed E-state index contributed by atoms with van der Waals surface area (Å²) in [4.78, 5) is 157. The van der Waals surface area contributed by atoms with Crippen LogP contribution < -0.4 is 71.2 Å². The van der Waals surface area contributed by atoms with Gasteiger partial charge in [0.05, 0.1) is 25.6 Å². The van der Waals surface area contributed by atoms with E-state index in [-0.39, 0.29) is 81.4 Å². The Morgan fingerprint density at radius 2 is 1.29 bits per heavy atom. The molecule has 95 heavy (non-hydrogen) atoms. The van der Waals surface area contributed by atoms with Crippen molar-refractivity contribution in [3.8, 4) is 5.75 Å². The van der Waals surface area contributed by atoms with Gasteiger partial charge in [-0.25, -0.2) is 0 Å². The third-order valence-electron chi connectivity index (χ3n) is 15.7. The van der Waals surface area contributed by atoms with E-state index in [1.807, 2.05) is 0 Å². The number of phenolic OH excluding ortho intramolecular Hbond substituents is 1. The Hall–Kier alpha value is -7.90. The normalized spacial score (nSPS) is 25.2. The Balaban J connectivity index is 1.28. The monoisotopic (exact) mass is 1370 g/mol. The topological polar surface area (TPSA) is 549 Å². The third-order valence-corrected chi connectivity index (χ3v) is 18.1. The van der Waals surface area contributed by atoms with Crippen molar-refractivity contribution in [2.24, 2.45) is 33.7 Å². The van der Waals surface area contributed by atoms with Crippen LogP contribution in [0.4, 0.5) is 0 Å². The van der Waals surface area contributed by atoms with Crippen LogP contribution in [0.25, 0.3) is 0 Å². The number of aliphatic hydroxyl groups excluding tert-OH is 4. The van der Waals surface area contributed by atoms with E-state index in [9.17, 15) is 78.3 Å². The van der Waals surface area contributed by atoms with Crippen molar-refractivity contribution in [1.82, 2.24) is 47.4 Å². The number of ether oxygens (including phenoxy) is 2. The molecule has 3 fully saturated rings. The number of likely N-dealkylation sites (tertiary alicyclic amines) is 1. The first-order valence-corrected chi connectivity index (χ1v) is 33.9. The van der Waals surface area contributed by atoms with Crippen LogP contribution in [0.3, 0.4) is 0 Å². The summed E-state index contributed by atoms with van der Waals surface area (Å²) in [6, 6.07) is 2.54. The second-order valence-corrected chi connectivity index (χ2v) is 25.7. The Morgan fingerprint density at radius 1 is 0.695 bits per heavy atom. The number of rotatable bonds is 30. The highest BCUT2D eigenvalue weighted by molar-refractivity contribution is 8.76. The fraction of sp³-hybridized carbons (Fsp3) is 0.600.